The Balaban J connectivity index is 2.48. The van der Waals surface area contributed by atoms with Gasteiger partial charge < -0.3 is 10.1 Å². The minimum atomic E-state index is -3.92. The van der Waals surface area contributed by atoms with Gasteiger partial charge in [-0.15, -0.1) is 0 Å². The van der Waals surface area contributed by atoms with Gasteiger partial charge in [0, 0.05) is 27.2 Å². The third-order valence-electron chi connectivity index (χ3n) is 3.51. The molecule has 0 aromatic heterocycles. The minimum absolute atomic E-state index is 0.170. The van der Waals surface area contributed by atoms with Crippen LogP contribution in [-0.2, 0) is 14.8 Å². The van der Waals surface area contributed by atoms with Crippen LogP contribution in [0.4, 0.5) is 11.4 Å². The predicted octanol–water partition coefficient (Wildman–Crippen LogP) is 1.05. The van der Waals surface area contributed by atoms with Crippen LogP contribution >= 0.6 is 0 Å². The molecule has 21 heavy (non-hydrogen) atoms. The number of nitro benzene ring substituents is 1. The summed E-state index contributed by atoms with van der Waals surface area (Å²) in [6, 6.07) is 4.21. The molecule has 1 aromatic rings. The molecule has 0 aliphatic carbocycles. The second-order valence-corrected chi connectivity index (χ2v) is 6.58. The van der Waals surface area contributed by atoms with E-state index < -0.39 is 20.6 Å². The van der Waals surface area contributed by atoms with Crippen molar-refractivity contribution in [2.75, 3.05) is 32.6 Å². The highest BCUT2D eigenvalue weighted by Gasteiger charge is 2.37. The SMILES string of the molecule is CNc1cccc(S(=O)(=O)N2CCC(OC)C2)c1[N+](=O)[O-]. The Morgan fingerprint density at radius 1 is 1.48 bits per heavy atom. The topological polar surface area (TPSA) is 102 Å². The lowest BCUT2D eigenvalue weighted by Gasteiger charge is -2.17. The second-order valence-electron chi connectivity index (χ2n) is 4.67. The van der Waals surface area contributed by atoms with E-state index in [2.05, 4.69) is 5.32 Å². The van der Waals surface area contributed by atoms with Crippen molar-refractivity contribution in [1.29, 1.82) is 0 Å². The fraction of sp³-hybridized carbons (Fsp3) is 0.500. The monoisotopic (exact) mass is 315 g/mol. The van der Waals surface area contributed by atoms with E-state index in [1.807, 2.05) is 0 Å². The summed E-state index contributed by atoms with van der Waals surface area (Å²) in [5.74, 6) is 0. The number of benzene rings is 1. The highest BCUT2D eigenvalue weighted by molar-refractivity contribution is 7.89. The van der Waals surface area contributed by atoms with E-state index in [0.717, 1.165) is 0 Å². The van der Waals surface area contributed by atoms with E-state index in [1.165, 1.54) is 36.7 Å². The summed E-state index contributed by atoms with van der Waals surface area (Å²) in [4.78, 5) is 10.3. The molecule has 2 rings (SSSR count). The number of sulfonamides is 1. The normalized spacial score (nSPS) is 19.6. The van der Waals surface area contributed by atoms with Gasteiger partial charge in [0.05, 0.1) is 11.0 Å². The summed E-state index contributed by atoms with van der Waals surface area (Å²) < 4.78 is 31.6. The van der Waals surface area contributed by atoms with Crippen LogP contribution in [0.15, 0.2) is 23.1 Å². The van der Waals surface area contributed by atoms with Crippen molar-refractivity contribution in [3.8, 4) is 0 Å². The number of hydrogen-bond acceptors (Lipinski definition) is 6. The summed E-state index contributed by atoms with van der Waals surface area (Å²) in [6.45, 7) is 0.502. The van der Waals surface area contributed by atoms with E-state index in [9.17, 15) is 18.5 Å². The van der Waals surface area contributed by atoms with Gasteiger partial charge in [0.1, 0.15) is 5.69 Å². The summed E-state index contributed by atoms with van der Waals surface area (Å²) in [5, 5.41) is 13.9. The smallest absolute Gasteiger partial charge is 0.312 e. The Labute approximate surface area is 122 Å². The molecule has 1 unspecified atom stereocenters. The molecule has 1 aromatic carbocycles. The quantitative estimate of drug-likeness (QED) is 0.643. The minimum Gasteiger partial charge on any atom is -0.383 e. The molecule has 1 aliphatic heterocycles. The van der Waals surface area contributed by atoms with E-state index >= 15 is 0 Å². The first kappa shape index (κ1) is 15.7. The average molecular weight is 315 g/mol. The third kappa shape index (κ3) is 2.85. The van der Waals surface area contributed by atoms with Crippen molar-refractivity contribution in [1.82, 2.24) is 4.31 Å². The second kappa shape index (κ2) is 5.96. The molecule has 1 aliphatic rings. The van der Waals surface area contributed by atoms with Crippen LogP contribution < -0.4 is 5.32 Å². The third-order valence-corrected chi connectivity index (χ3v) is 5.41. The molecule has 0 spiro atoms. The molecule has 1 atom stereocenters. The summed E-state index contributed by atoms with van der Waals surface area (Å²) in [6.07, 6.45) is 0.404. The van der Waals surface area contributed by atoms with E-state index in [1.54, 1.807) is 0 Å². The van der Waals surface area contributed by atoms with Crippen LogP contribution in [0.1, 0.15) is 6.42 Å². The van der Waals surface area contributed by atoms with E-state index in [0.29, 0.717) is 13.0 Å². The molecule has 9 heteroatoms. The number of methoxy groups -OCH3 is 1. The van der Waals surface area contributed by atoms with Gasteiger partial charge in [-0.3, -0.25) is 10.1 Å². The number of nitrogens with zero attached hydrogens (tertiary/aromatic N) is 2. The fourth-order valence-electron chi connectivity index (χ4n) is 2.37. The van der Waals surface area contributed by atoms with Crippen molar-refractivity contribution < 1.29 is 18.1 Å². The Hall–Kier alpha value is -1.71. The number of hydrogen-bond donors (Lipinski definition) is 1. The number of para-hydroxylation sites is 1. The molecule has 1 fully saturated rings. The van der Waals surface area contributed by atoms with Crippen molar-refractivity contribution in [3.05, 3.63) is 28.3 Å². The first-order valence-corrected chi connectivity index (χ1v) is 7.84. The summed E-state index contributed by atoms with van der Waals surface area (Å²) >= 11 is 0. The zero-order valence-electron chi connectivity index (χ0n) is 11.8. The van der Waals surface area contributed by atoms with Crippen molar-refractivity contribution in [2.45, 2.75) is 17.4 Å². The van der Waals surface area contributed by atoms with Crippen molar-refractivity contribution in [3.63, 3.8) is 0 Å². The number of nitro groups is 1. The van der Waals surface area contributed by atoms with Gasteiger partial charge in [-0.1, -0.05) is 6.07 Å². The summed E-state index contributed by atoms with van der Waals surface area (Å²) in [5.41, 5.74) is -0.260. The lowest BCUT2D eigenvalue weighted by Crippen LogP contribution is -2.30. The molecule has 0 saturated carbocycles. The zero-order chi connectivity index (χ0) is 15.6. The Kier molecular flexibility index (Phi) is 4.45. The standard InChI is InChI=1S/C12H17N3O5S/c1-13-10-4-3-5-11(12(10)15(16)17)21(18,19)14-7-6-9(8-14)20-2/h3-5,9,13H,6-8H2,1-2H3. The zero-order valence-corrected chi connectivity index (χ0v) is 12.6. The molecule has 0 radical (unpaired) electrons. The maximum Gasteiger partial charge on any atom is 0.312 e. The molecule has 1 saturated heterocycles. The van der Waals surface area contributed by atoms with Crippen molar-refractivity contribution >= 4 is 21.4 Å². The van der Waals surface area contributed by atoms with Crippen LogP contribution in [0.2, 0.25) is 0 Å². The molecular formula is C12H17N3O5S. The maximum absolute atomic E-state index is 12.6. The first-order valence-electron chi connectivity index (χ1n) is 6.40. The van der Waals surface area contributed by atoms with Gasteiger partial charge in [-0.25, -0.2) is 8.42 Å². The fourth-order valence-corrected chi connectivity index (χ4v) is 4.03. The number of ether oxygens (including phenoxy) is 1. The van der Waals surface area contributed by atoms with Crippen LogP contribution in [0.25, 0.3) is 0 Å². The molecule has 116 valence electrons. The predicted molar refractivity (Wildman–Crippen MR) is 76.8 cm³/mol. The van der Waals surface area contributed by atoms with Crippen LogP contribution in [-0.4, -0.2) is 51.0 Å². The average Bonchev–Trinajstić information content (AvgIpc) is 2.95. The number of rotatable bonds is 5. The van der Waals surface area contributed by atoms with Gasteiger partial charge in [0.15, 0.2) is 4.90 Å². The Morgan fingerprint density at radius 2 is 2.19 bits per heavy atom. The maximum atomic E-state index is 12.6. The molecule has 1 N–H and O–H groups in total. The van der Waals surface area contributed by atoms with Gasteiger partial charge in [-0.05, 0) is 18.6 Å². The van der Waals surface area contributed by atoms with Crippen LogP contribution in [0.5, 0.6) is 0 Å². The number of nitrogens with one attached hydrogen (secondary N) is 1. The largest absolute Gasteiger partial charge is 0.383 e. The Morgan fingerprint density at radius 3 is 2.71 bits per heavy atom. The highest BCUT2D eigenvalue weighted by Crippen LogP contribution is 2.34. The van der Waals surface area contributed by atoms with E-state index in [-0.39, 0.29) is 23.2 Å². The van der Waals surface area contributed by atoms with Crippen LogP contribution in [0.3, 0.4) is 0 Å². The molecule has 1 heterocycles. The number of anilines is 1. The summed E-state index contributed by atoms with van der Waals surface area (Å²) in [7, 11) is -0.890. The molecular weight excluding hydrogens is 298 g/mol. The van der Waals surface area contributed by atoms with Gasteiger partial charge in [-0.2, -0.15) is 4.31 Å². The first-order chi connectivity index (χ1) is 9.91. The van der Waals surface area contributed by atoms with Crippen molar-refractivity contribution in [2.24, 2.45) is 0 Å². The van der Waals surface area contributed by atoms with E-state index in [4.69, 9.17) is 4.74 Å². The molecule has 0 bridgehead atoms. The lowest BCUT2D eigenvalue weighted by molar-refractivity contribution is -0.386. The van der Waals surface area contributed by atoms with Gasteiger partial charge >= 0.3 is 5.69 Å². The lowest BCUT2D eigenvalue weighted by atomic mass is 10.3. The van der Waals surface area contributed by atoms with Gasteiger partial charge in [0.2, 0.25) is 10.0 Å². The molecule has 0 amide bonds. The van der Waals surface area contributed by atoms with Crippen LogP contribution in [0, 0.1) is 10.1 Å². The van der Waals surface area contributed by atoms with Gasteiger partial charge in [0.25, 0.3) is 0 Å². The highest BCUT2D eigenvalue weighted by atomic mass is 32.2. The Bertz CT molecular complexity index is 646. The molecule has 8 nitrogen and oxygen atoms in total.